The van der Waals surface area contributed by atoms with Gasteiger partial charge in [-0.15, -0.1) is 0 Å². The van der Waals surface area contributed by atoms with Gasteiger partial charge in [-0.3, -0.25) is 9.59 Å². The molecule has 2 rings (SSSR count). The topological polar surface area (TPSA) is 52.6 Å². The number of benzene rings is 2. The molecule has 4 nitrogen and oxygen atoms in total. The zero-order chi connectivity index (χ0) is 19.5. The zero-order valence-electron chi connectivity index (χ0n) is 16.4. The molecule has 2 aromatic carbocycles. The molecule has 0 amide bonds. The van der Waals surface area contributed by atoms with Crippen LogP contribution in [0.1, 0.15) is 64.4 Å². The molecule has 0 aliphatic rings. The standard InChI is InChI=1S/C23H30O4/c1-3-4-5-6-9-18(2)27-23(25)15-14-22(24)26-17-19-12-13-20-10-7-8-11-21(20)16-19/h7-8,10-13,16,18H,3-6,9,14-15,17H2,1-2H3. The largest absolute Gasteiger partial charge is 0.463 e. The molecule has 0 saturated carbocycles. The Hall–Kier alpha value is -2.36. The second kappa shape index (κ2) is 11.4. The molecule has 0 bridgehead atoms. The van der Waals surface area contributed by atoms with Gasteiger partial charge in [-0.1, -0.05) is 62.6 Å². The van der Waals surface area contributed by atoms with E-state index in [1.54, 1.807) is 0 Å². The van der Waals surface area contributed by atoms with Gasteiger partial charge in [0.2, 0.25) is 0 Å². The lowest BCUT2D eigenvalue weighted by molar-refractivity contribution is -0.153. The van der Waals surface area contributed by atoms with Gasteiger partial charge in [-0.25, -0.2) is 0 Å². The minimum atomic E-state index is -0.379. The Balaban J connectivity index is 1.65. The highest BCUT2D eigenvalue weighted by Crippen LogP contribution is 2.16. The molecule has 1 unspecified atom stereocenters. The summed E-state index contributed by atoms with van der Waals surface area (Å²) in [5.74, 6) is -0.712. The molecule has 1 atom stereocenters. The Labute approximate surface area is 161 Å². The van der Waals surface area contributed by atoms with Crippen LogP contribution in [0.2, 0.25) is 0 Å². The highest BCUT2D eigenvalue weighted by Gasteiger charge is 2.12. The predicted molar refractivity (Wildman–Crippen MR) is 107 cm³/mol. The Kier molecular flexibility index (Phi) is 8.82. The SMILES string of the molecule is CCCCCCC(C)OC(=O)CCC(=O)OCc1ccc2ccccc2c1. The second-order valence-corrected chi connectivity index (χ2v) is 6.99. The molecule has 0 aliphatic heterocycles. The van der Waals surface area contributed by atoms with E-state index in [-0.39, 0.29) is 37.5 Å². The number of carbonyl (C=O) groups is 2. The van der Waals surface area contributed by atoms with E-state index in [0.29, 0.717) is 0 Å². The van der Waals surface area contributed by atoms with Gasteiger partial charge in [0.15, 0.2) is 0 Å². The zero-order valence-corrected chi connectivity index (χ0v) is 16.4. The Morgan fingerprint density at radius 2 is 1.67 bits per heavy atom. The fourth-order valence-corrected chi connectivity index (χ4v) is 2.97. The van der Waals surface area contributed by atoms with E-state index < -0.39 is 0 Å². The van der Waals surface area contributed by atoms with Crippen molar-refractivity contribution < 1.29 is 19.1 Å². The fraction of sp³-hybridized carbons (Fsp3) is 0.478. The normalized spacial score (nSPS) is 11.9. The van der Waals surface area contributed by atoms with Crippen LogP contribution in [0.4, 0.5) is 0 Å². The maximum absolute atomic E-state index is 11.9. The smallest absolute Gasteiger partial charge is 0.306 e. The summed E-state index contributed by atoms with van der Waals surface area (Å²) < 4.78 is 10.6. The van der Waals surface area contributed by atoms with E-state index in [9.17, 15) is 9.59 Å². The van der Waals surface area contributed by atoms with Gasteiger partial charge in [0.1, 0.15) is 6.61 Å². The van der Waals surface area contributed by atoms with Crippen molar-refractivity contribution in [1.29, 1.82) is 0 Å². The van der Waals surface area contributed by atoms with Crippen molar-refractivity contribution in [2.45, 2.75) is 71.5 Å². The minimum Gasteiger partial charge on any atom is -0.463 e. The van der Waals surface area contributed by atoms with Crippen LogP contribution in [0.25, 0.3) is 10.8 Å². The number of esters is 2. The van der Waals surface area contributed by atoms with Crippen LogP contribution in [-0.2, 0) is 25.7 Å². The van der Waals surface area contributed by atoms with Gasteiger partial charge in [0.25, 0.3) is 0 Å². The molecular weight excluding hydrogens is 340 g/mol. The molecule has 0 spiro atoms. The van der Waals surface area contributed by atoms with E-state index >= 15 is 0 Å². The molecule has 146 valence electrons. The third kappa shape index (κ3) is 7.81. The van der Waals surface area contributed by atoms with Gasteiger partial charge in [-0.05, 0) is 42.2 Å². The average molecular weight is 370 g/mol. The summed E-state index contributed by atoms with van der Waals surface area (Å²) in [5, 5.41) is 2.27. The Morgan fingerprint density at radius 3 is 2.44 bits per heavy atom. The van der Waals surface area contributed by atoms with Crippen molar-refractivity contribution in [3.8, 4) is 0 Å². The molecule has 0 aliphatic carbocycles. The maximum Gasteiger partial charge on any atom is 0.306 e. The molecule has 27 heavy (non-hydrogen) atoms. The van der Waals surface area contributed by atoms with E-state index in [1.807, 2.05) is 49.4 Å². The average Bonchev–Trinajstić information content (AvgIpc) is 2.68. The van der Waals surface area contributed by atoms with Crippen LogP contribution in [0.3, 0.4) is 0 Å². The van der Waals surface area contributed by atoms with Gasteiger partial charge < -0.3 is 9.47 Å². The van der Waals surface area contributed by atoms with E-state index in [0.717, 1.165) is 29.2 Å². The molecule has 4 heteroatoms. The maximum atomic E-state index is 11.9. The van der Waals surface area contributed by atoms with Crippen molar-refractivity contribution >= 4 is 22.7 Å². The summed E-state index contributed by atoms with van der Waals surface area (Å²) in [7, 11) is 0. The lowest BCUT2D eigenvalue weighted by atomic mass is 10.1. The number of fused-ring (bicyclic) bond motifs is 1. The first-order valence-corrected chi connectivity index (χ1v) is 9.91. The molecular formula is C23H30O4. The molecule has 0 aromatic heterocycles. The minimum absolute atomic E-state index is 0.0506. The summed E-state index contributed by atoms with van der Waals surface area (Å²) in [6, 6.07) is 14.0. The van der Waals surface area contributed by atoms with Gasteiger partial charge in [0.05, 0.1) is 18.9 Å². The predicted octanol–water partition coefficient (Wildman–Crippen LogP) is 5.57. The quantitative estimate of drug-likeness (QED) is 0.383. The summed E-state index contributed by atoms with van der Waals surface area (Å²) >= 11 is 0. The van der Waals surface area contributed by atoms with Crippen molar-refractivity contribution in [3.63, 3.8) is 0 Å². The van der Waals surface area contributed by atoms with Crippen molar-refractivity contribution in [2.75, 3.05) is 0 Å². The number of unbranched alkanes of at least 4 members (excludes halogenated alkanes) is 3. The fourth-order valence-electron chi connectivity index (χ4n) is 2.97. The van der Waals surface area contributed by atoms with Crippen LogP contribution >= 0.6 is 0 Å². The number of ether oxygens (including phenoxy) is 2. The van der Waals surface area contributed by atoms with E-state index in [4.69, 9.17) is 9.47 Å². The van der Waals surface area contributed by atoms with Crippen LogP contribution in [-0.4, -0.2) is 18.0 Å². The van der Waals surface area contributed by atoms with Crippen LogP contribution in [0, 0.1) is 0 Å². The number of hydrogen-bond donors (Lipinski definition) is 0. The van der Waals surface area contributed by atoms with Crippen LogP contribution in [0.5, 0.6) is 0 Å². The summed E-state index contributed by atoms with van der Waals surface area (Å²) in [4.78, 5) is 23.7. The number of rotatable bonds is 11. The first kappa shape index (κ1) is 20.9. The van der Waals surface area contributed by atoms with E-state index in [1.165, 1.54) is 19.3 Å². The summed E-state index contributed by atoms with van der Waals surface area (Å²) in [6.45, 7) is 4.29. The second-order valence-electron chi connectivity index (χ2n) is 6.99. The van der Waals surface area contributed by atoms with Gasteiger partial charge in [-0.2, -0.15) is 0 Å². The molecule has 0 N–H and O–H groups in total. The molecule has 2 aromatic rings. The first-order chi connectivity index (χ1) is 13.1. The monoisotopic (exact) mass is 370 g/mol. The van der Waals surface area contributed by atoms with Crippen LogP contribution < -0.4 is 0 Å². The van der Waals surface area contributed by atoms with Gasteiger partial charge >= 0.3 is 11.9 Å². The lowest BCUT2D eigenvalue weighted by Crippen LogP contribution is -2.16. The van der Waals surface area contributed by atoms with E-state index in [2.05, 4.69) is 6.92 Å². The lowest BCUT2D eigenvalue weighted by Gasteiger charge is -2.13. The highest BCUT2D eigenvalue weighted by atomic mass is 16.5. The molecule has 0 heterocycles. The Morgan fingerprint density at radius 1 is 0.926 bits per heavy atom. The Bertz CT molecular complexity index is 738. The third-order valence-electron chi connectivity index (χ3n) is 4.54. The molecule has 0 fully saturated rings. The van der Waals surface area contributed by atoms with Crippen molar-refractivity contribution in [3.05, 3.63) is 48.0 Å². The van der Waals surface area contributed by atoms with Crippen LogP contribution in [0.15, 0.2) is 42.5 Å². The highest BCUT2D eigenvalue weighted by molar-refractivity contribution is 5.83. The van der Waals surface area contributed by atoms with Crippen molar-refractivity contribution in [2.24, 2.45) is 0 Å². The number of hydrogen-bond acceptors (Lipinski definition) is 4. The third-order valence-corrected chi connectivity index (χ3v) is 4.54. The molecule has 0 saturated heterocycles. The van der Waals surface area contributed by atoms with Gasteiger partial charge in [0, 0.05) is 0 Å². The number of carbonyl (C=O) groups excluding carboxylic acids is 2. The van der Waals surface area contributed by atoms with Crippen molar-refractivity contribution in [1.82, 2.24) is 0 Å². The summed E-state index contributed by atoms with van der Waals surface area (Å²) in [6.07, 6.45) is 5.53. The molecule has 0 radical (unpaired) electrons. The first-order valence-electron chi connectivity index (χ1n) is 9.91. The summed E-state index contributed by atoms with van der Waals surface area (Å²) in [5.41, 5.74) is 0.935.